The Kier molecular flexibility index (Phi) is 5.76. The summed E-state index contributed by atoms with van der Waals surface area (Å²) >= 11 is 0. The molecule has 1 atom stereocenters. The lowest BCUT2D eigenvalue weighted by atomic mass is 9.90. The highest BCUT2D eigenvalue weighted by Gasteiger charge is 2.24. The van der Waals surface area contributed by atoms with Gasteiger partial charge in [-0.1, -0.05) is 57.2 Å². The molecule has 1 amide bonds. The third-order valence-electron chi connectivity index (χ3n) is 4.80. The SMILES string of the molecule is CC(C)(C)C(=O)Nc1ccc(F)cc1C1=CCNC(Cc2ccccc2)C1. The topological polar surface area (TPSA) is 41.1 Å². The maximum atomic E-state index is 14.0. The number of benzene rings is 2. The second kappa shape index (κ2) is 8.05. The molecule has 0 aromatic heterocycles. The van der Waals surface area contributed by atoms with Crippen LogP contribution in [0.3, 0.4) is 0 Å². The summed E-state index contributed by atoms with van der Waals surface area (Å²) in [6.07, 6.45) is 3.79. The van der Waals surface area contributed by atoms with Crippen molar-refractivity contribution in [3.05, 3.63) is 71.6 Å². The number of nitrogens with one attached hydrogen (secondary N) is 2. The van der Waals surface area contributed by atoms with E-state index >= 15 is 0 Å². The van der Waals surface area contributed by atoms with E-state index in [0.29, 0.717) is 5.69 Å². The lowest BCUT2D eigenvalue weighted by Gasteiger charge is -2.26. The molecule has 0 spiro atoms. The zero-order valence-electron chi connectivity index (χ0n) is 16.2. The Bertz CT molecular complexity index is 837. The monoisotopic (exact) mass is 366 g/mol. The molecule has 0 radical (unpaired) electrons. The van der Waals surface area contributed by atoms with Crippen LogP contribution in [0.25, 0.3) is 5.57 Å². The number of rotatable bonds is 4. The first-order valence-corrected chi connectivity index (χ1v) is 9.40. The third kappa shape index (κ3) is 5.04. The Hall–Kier alpha value is -2.46. The van der Waals surface area contributed by atoms with Crippen molar-refractivity contribution in [3.8, 4) is 0 Å². The first-order valence-electron chi connectivity index (χ1n) is 9.40. The highest BCUT2D eigenvalue weighted by atomic mass is 19.1. The number of carbonyl (C=O) groups is 1. The molecule has 2 N–H and O–H groups in total. The predicted molar refractivity (Wildman–Crippen MR) is 109 cm³/mol. The van der Waals surface area contributed by atoms with Gasteiger partial charge in [-0.15, -0.1) is 0 Å². The summed E-state index contributed by atoms with van der Waals surface area (Å²) in [5.74, 6) is -0.372. The standard InChI is InChI=1S/C23H27FN2O/c1-23(2,3)22(27)26-21-10-9-18(24)15-20(21)17-11-12-25-19(14-17)13-16-7-5-4-6-8-16/h4-11,15,19,25H,12-14H2,1-3H3,(H,26,27). The van der Waals surface area contributed by atoms with Gasteiger partial charge >= 0.3 is 0 Å². The minimum absolute atomic E-state index is 0.0780. The van der Waals surface area contributed by atoms with Crippen LogP contribution in [0.5, 0.6) is 0 Å². The fraction of sp³-hybridized carbons (Fsp3) is 0.348. The van der Waals surface area contributed by atoms with E-state index in [4.69, 9.17) is 0 Å². The van der Waals surface area contributed by atoms with Gasteiger partial charge in [-0.25, -0.2) is 4.39 Å². The van der Waals surface area contributed by atoms with Crippen molar-refractivity contribution in [2.75, 3.05) is 11.9 Å². The van der Waals surface area contributed by atoms with Crippen molar-refractivity contribution in [1.82, 2.24) is 5.32 Å². The van der Waals surface area contributed by atoms with Crippen LogP contribution in [-0.2, 0) is 11.2 Å². The van der Waals surface area contributed by atoms with Crippen molar-refractivity contribution >= 4 is 17.2 Å². The zero-order valence-corrected chi connectivity index (χ0v) is 16.2. The van der Waals surface area contributed by atoms with E-state index in [1.165, 1.54) is 17.7 Å². The Labute approximate surface area is 160 Å². The quantitative estimate of drug-likeness (QED) is 0.816. The first-order chi connectivity index (χ1) is 12.8. The minimum atomic E-state index is -0.510. The van der Waals surface area contributed by atoms with Gasteiger partial charge in [-0.3, -0.25) is 4.79 Å². The van der Waals surface area contributed by atoms with Crippen LogP contribution in [0.1, 0.15) is 38.3 Å². The van der Waals surface area contributed by atoms with Gasteiger partial charge in [0.25, 0.3) is 0 Å². The van der Waals surface area contributed by atoms with Crippen LogP contribution < -0.4 is 10.6 Å². The second-order valence-electron chi connectivity index (χ2n) is 8.12. The molecule has 1 unspecified atom stereocenters. The number of carbonyl (C=O) groups excluding carboxylic acids is 1. The average Bonchev–Trinajstić information content (AvgIpc) is 2.63. The fourth-order valence-corrected chi connectivity index (χ4v) is 3.23. The molecule has 0 bridgehead atoms. The Morgan fingerprint density at radius 1 is 1.19 bits per heavy atom. The van der Waals surface area contributed by atoms with Crippen molar-refractivity contribution in [2.24, 2.45) is 5.41 Å². The van der Waals surface area contributed by atoms with Gasteiger partial charge in [0.05, 0.1) is 0 Å². The Morgan fingerprint density at radius 3 is 2.63 bits per heavy atom. The number of halogens is 1. The lowest BCUT2D eigenvalue weighted by Crippen LogP contribution is -2.35. The molecule has 1 aliphatic heterocycles. The van der Waals surface area contributed by atoms with Gasteiger partial charge in [-0.2, -0.15) is 0 Å². The molecular weight excluding hydrogens is 339 g/mol. The number of hydrogen-bond acceptors (Lipinski definition) is 2. The minimum Gasteiger partial charge on any atom is -0.325 e. The molecule has 0 fully saturated rings. The van der Waals surface area contributed by atoms with Gasteiger partial charge in [0.15, 0.2) is 0 Å². The largest absolute Gasteiger partial charge is 0.325 e. The van der Waals surface area contributed by atoms with E-state index in [2.05, 4.69) is 28.8 Å². The van der Waals surface area contributed by atoms with Crippen molar-refractivity contribution in [1.29, 1.82) is 0 Å². The molecular formula is C23H27FN2O. The molecule has 1 heterocycles. The maximum absolute atomic E-state index is 14.0. The molecule has 3 nitrogen and oxygen atoms in total. The van der Waals surface area contributed by atoms with E-state index in [1.54, 1.807) is 6.07 Å². The summed E-state index contributed by atoms with van der Waals surface area (Å²) in [7, 11) is 0. The Morgan fingerprint density at radius 2 is 1.93 bits per heavy atom. The van der Waals surface area contributed by atoms with Gasteiger partial charge < -0.3 is 10.6 Å². The molecule has 0 saturated carbocycles. The van der Waals surface area contributed by atoms with Gasteiger partial charge in [0, 0.05) is 29.3 Å². The van der Waals surface area contributed by atoms with Gasteiger partial charge in [-0.05, 0) is 42.2 Å². The summed E-state index contributed by atoms with van der Waals surface area (Å²) in [5, 5.41) is 6.48. The van der Waals surface area contributed by atoms with Crippen molar-refractivity contribution in [2.45, 2.75) is 39.7 Å². The molecule has 0 aliphatic carbocycles. The summed E-state index contributed by atoms with van der Waals surface area (Å²) < 4.78 is 14.0. The van der Waals surface area contributed by atoms with Crippen LogP contribution in [0, 0.1) is 11.2 Å². The van der Waals surface area contributed by atoms with E-state index in [1.807, 2.05) is 39.0 Å². The molecule has 4 heteroatoms. The van der Waals surface area contributed by atoms with Crippen LogP contribution in [-0.4, -0.2) is 18.5 Å². The first kappa shape index (κ1) is 19.3. The molecule has 1 aliphatic rings. The fourth-order valence-electron chi connectivity index (χ4n) is 3.23. The van der Waals surface area contributed by atoms with Gasteiger partial charge in [0.2, 0.25) is 5.91 Å². The van der Waals surface area contributed by atoms with Crippen molar-refractivity contribution in [3.63, 3.8) is 0 Å². The van der Waals surface area contributed by atoms with Crippen LogP contribution >= 0.6 is 0 Å². The lowest BCUT2D eigenvalue weighted by molar-refractivity contribution is -0.123. The second-order valence-corrected chi connectivity index (χ2v) is 8.12. The van der Waals surface area contributed by atoms with E-state index < -0.39 is 5.41 Å². The summed E-state index contributed by atoms with van der Waals surface area (Å²) in [6, 6.07) is 15.2. The average molecular weight is 366 g/mol. The molecule has 2 aromatic carbocycles. The molecule has 27 heavy (non-hydrogen) atoms. The highest BCUT2D eigenvalue weighted by Crippen LogP contribution is 2.31. The summed E-state index contributed by atoms with van der Waals surface area (Å²) in [6.45, 7) is 6.33. The predicted octanol–water partition coefficient (Wildman–Crippen LogP) is 4.80. The van der Waals surface area contributed by atoms with Crippen LogP contribution in [0.2, 0.25) is 0 Å². The maximum Gasteiger partial charge on any atom is 0.229 e. The van der Waals surface area contributed by atoms with Gasteiger partial charge in [0.1, 0.15) is 5.82 Å². The molecule has 142 valence electrons. The number of amides is 1. The molecule has 0 saturated heterocycles. The van der Waals surface area contributed by atoms with Crippen molar-refractivity contribution < 1.29 is 9.18 Å². The zero-order chi connectivity index (χ0) is 19.4. The third-order valence-corrected chi connectivity index (χ3v) is 4.80. The van der Waals surface area contributed by atoms with Crippen LogP contribution in [0.15, 0.2) is 54.6 Å². The van der Waals surface area contributed by atoms with E-state index in [-0.39, 0.29) is 17.8 Å². The summed E-state index contributed by atoms with van der Waals surface area (Å²) in [4.78, 5) is 12.4. The number of hydrogen-bond donors (Lipinski definition) is 2. The number of anilines is 1. The summed E-state index contributed by atoms with van der Waals surface area (Å²) in [5.41, 5.74) is 3.27. The van der Waals surface area contributed by atoms with E-state index in [9.17, 15) is 9.18 Å². The Balaban J connectivity index is 1.81. The highest BCUT2D eigenvalue weighted by molar-refractivity contribution is 5.97. The van der Waals surface area contributed by atoms with Crippen LogP contribution in [0.4, 0.5) is 10.1 Å². The normalized spacial score (nSPS) is 17.3. The smallest absolute Gasteiger partial charge is 0.229 e. The molecule has 3 rings (SSSR count). The molecule has 2 aromatic rings. The van der Waals surface area contributed by atoms with E-state index in [0.717, 1.165) is 30.5 Å².